The lowest BCUT2D eigenvalue weighted by Crippen LogP contribution is -2.47. The summed E-state index contributed by atoms with van der Waals surface area (Å²) in [5.74, 6) is 0. The van der Waals surface area contributed by atoms with Gasteiger partial charge in [-0.25, -0.2) is 0 Å². The fourth-order valence-corrected chi connectivity index (χ4v) is 3.65. The summed E-state index contributed by atoms with van der Waals surface area (Å²) in [6.45, 7) is 4.12. The molecule has 4 nitrogen and oxygen atoms in total. The van der Waals surface area contributed by atoms with Crippen LogP contribution in [0.5, 0.6) is 0 Å². The van der Waals surface area contributed by atoms with Crippen molar-refractivity contribution in [3.05, 3.63) is 74.6 Å². The summed E-state index contributed by atoms with van der Waals surface area (Å²) in [7, 11) is 0. The summed E-state index contributed by atoms with van der Waals surface area (Å²) in [6.07, 6.45) is 1.58. The van der Waals surface area contributed by atoms with E-state index in [9.17, 15) is 4.79 Å². The maximum absolute atomic E-state index is 12.7. The Morgan fingerprint density at radius 3 is 2.50 bits per heavy atom. The molecular weight excluding hydrogens is 371 g/mol. The number of hydrogen-bond acceptors (Lipinski definition) is 4. The van der Waals surface area contributed by atoms with Crippen LogP contribution in [0.1, 0.15) is 5.56 Å². The molecule has 6 heteroatoms. The quantitative estimate of drug-likeness (QED) is 0.665. The molecule has 4 rings (SSSR count). The third-order valence-electron chi connectivity index (χ3n) is 4.77. The lowest BCUT2D eigenvalue weighted by molar-refractivity contribution is 0.249. The first kappa shape index (κ1) is 17.4. The normalized spacial score (nSPS) is 15.5. The van der Waals surface area contributed by atoms with Gasteiger partial charge in [-0.15, -0.1) is 0 Å². The van der Waals surface area contributed by atoms with Gasteiger partial charge in [0, 0.05) is 32.7 Å². The second kappa shape index (κ2) is 7.31. The Morgan fingerprint density at radius 2 is 1.73 bits per heavy atom. The van der Waals surface area contributed by atoms with Gasteiger partial charge in [-0.2, -0.15) is 0 Å². The highest BCUT2D eigenvalue weighted by atomic mass is 35.5. The van der Waals surface area contributed by atoms with E-state index in [1.165, 1.54) is 0 Å². The van der Waals surface area contributed by atoms with E-state index in [1.54, 1.807) is 6.26 Å². The zero-order valence-electron chi connectivity index (χ0n) is 14.1. The molecule has 1 aromatic heterocycles. The number of para-hydroxylation sites is 1. The van der Waals surface area contributed by atoms with Crippen LogP contribution in [0.25, 0.3) is 11.0 Å². The van der Waals surface area contributed by atoms with Crippen LogP contribution in [0.15, 0.2) is 57.9 Å². The van der Waals surface area contributed by atoms with Crippen LogP contribution in [-0.2, 0) is 6.54 Å². The van der Waals surface area contributed by atoms with Crippen molar-refractivity contribution < 1.29 is 4.42 Å². The summed E-state index contributed by atoms with van der Waals surface area (Å²) in [6, 6.07) is 13.1. The van der Waals surface area contributed by atoms with Gasteiger partial charge in [0.25, 0.3) is 0 Å². The first-order valence-electron chi connectivity index (χ1n) is 8.53. The Morgan fingerprint density at radius 1 is 0.962 bits per heavy atom. The van der Waals surface area contributed by atoms with E-state index in [0.717, 1.165) is 38.3 Å². The molecule has 3 aromatic rings. The molecule has 0 atom stereocenters. The number of nitrogens with zero attached hydrogens (tertiary/aromatic N) is 2. The number of hydrogen-bond donors (Lipinski definition) is 0. The largest absolute Gasteiger partial charge is 0.462 e. The first-order valence-corrected chi connectivity index (χ1v) is 9.29. The van der Waals surface area contributed by atoms with Crippen molar-refractivity contribution in [2.75, 3.05) is 31.1 Å². The number of fused-ring (bicyclic) bond motifs is 1. The number of anilines is 1. The minimum absolute atomic E-state index is 0.0322. The summed E-state index contributed by atoms with van der Waals surface area (Å²) in [5.41, 5.74) is 2.43. The highest BCUT2D eigenvalue weighted by Crippen LogP contribution is 2.24. The van der Waals surface area contributed by atoms with Crippen molar-refractivity contribution >= 4 is 39.9 Å². The molecule has 0 saturated carbocycles. The van der Waals surface area contributed by atoms with Gasteiger partial charge in [-0.05, 0) is 29.8 Å². The van der Waals surface area contributed by atoms with Gasteiger partial charge in [-0.3, -0.25) is 9.69 Å². The summed E-state index contributed by atoms with van der Waals surface area (Å²) < 4.78 is 5.64. The van der Waals surface area contributed by atoms with E-state index in [1.807, 2.05) is 42.5 Å². The molecule has 0 aliphatic carbocycles. The molecule has 134 valence electrons. The maximum Gasteiger partial charge on any atom is 0.215 e. The molecule has 2 aromatic carbocycles. The molecule has 2 heterocycles. The lowest BCUT2D eigenvalue weighted by atomic mass is 10.1. The van der Waals surface area contributed by atoms with E-state index in [4.69, 9.17) is 27.6 Å². The Bertz CT molecular complexity index is 995. The Hall–Kier alpha value is -2.01. The van der Waals surface area contributed by atoms with E-state index in [-0.39, 0.29) is 5.43 Å². The Kier molecular flexibility index (Phi) is 4.90. The predicted molar refractivity (Wildman–Crippen MR) is 106 cm³/mol. The van der Waals surface area contributed by atoms with E-state index >= 15 is 0 Å². The molecule has 0 bridgehead atoms. The van der Waals surface area contributed by atoms with Crippen LogP contribution < -0.4 is 10.3 Å². The molecule has 26 heavy (non-hydrogen) atoms. The molecule has 0 unspecified atom stereocenters. The van der Waals surface area contributed by atoms with E-state index in [0.29, 0.717) is 26.7 Å². The van der Waals surface area contributed by atoms with Crippen molar-refractivity contribution in [2.24, 2.45) is 0 Å². The average molecular weight is 389 g/mol. The molecule has 0 spiro atoms. The van der Waals surface area contributed by atoms with Crippen molar-refractivity contribution in [1.29, 1.82) is 0 Å². The minimum Gasteiger partial charge on any atom is -0.462 e. The molecule has 0 radical (unpaired) electrons. The Balaban J connectivity index is 1.46. The maximum atomic E-state index is 12.7. The van der Waals surface area contributed by atoms with Crippen molar-refractivity contribution in [1.82, 2.24) is 4.90 Å². The minimum atomic E-state index is 0.0322. The van der Waals surface area contributed by atoms with Gasteiger partial charge in [-0.1, -0.05) is 41.4 Å². The average Bonchev–Trinajstić information content (AvgIpc) is 2.66. The second-order valence-electron chi connectivity index (χ2n) is 6.46. The van der Waals surface area contributed by atoms with Gasteiger partial charge in [0.15, 0.2) is 0 Å². The predicted octanol–water partition coefficient (Wildman–Crippen LogP) is 4.42. The van der Waals surface area contributed by atoms with Gasteiger partial charge in [0.2, 0.25) is 5.43 Å². The highest BCUT2D eigenvalue weighted by molar-refractivity contribution is 6.42. The third kappa shape index (κ3) is 3.45. The topological polar surface area (TPSA) is 36.7 Å². The third-order valence-corrected chi connectivity index (χ3v) is 5.50. The monoisotopic (exact) mass is 388 g/mol. The van der Waals surface area contributed by atoms with Crippen molar-refractivity contribution in [3.63, 3.8) is 0 Å². The lowest BCUT2D eigenvalue weighted by Gasteiger charge is -2.35. The molecule has 1 fully saturated rings. The standard InChI is InChI=1S/C20H18Cl2N2O2/c21-16-6-5-14(11-17(16)22)12-23-7-9-24(10-8-23)18-13-26-19-4-2-1-3-15(19)20(18)25/h1-6,11,13H,7-10,12H2. The summed E-state index contributed by atoms with van der Waals surface area (Å²) >= 11 is 12.1. The number of rotatable bonds is 3. The smallest absolute Gasteiger partial charge is 0.215 e. The zero-order chi connectivity index (χ0) is 18.1. The fraction of sp³-hybridized carbons (Fsp3) is 0.250. The van der Waals surface area contributed by atoms with Gasteiger partial charge < -0.3 is 9.32 Å². The number of benzene rings is 2. The van der Waals surface area contributed by atoms with Crippen LogP contribution in [-0.4, -0.2) is 31.1 Å². The summed E-state index contributed by atoms with van der Waals surface area (Å²) in [4.78, 5) is 17.2. The molecule has 1 saturated heterocycles. The molecular formula is C20H18Cl2N2O2. The second-order valence-corrected chi connectivity index (χ2v) is 7.27. The van der Waals surface area contributed by atoms with E-state index in [2.05, 4.69) is 9.80 Å². The van der Waals surface area contributed by atoms with Crippen LogP contribution in [0, 0.1) is 0 Å². The fourth-order valence-electron chi connectivity index (χ4n) is 3.33. The number of halogens is 2. The van der Waals surface area contributed by atoms with Crippen molar-refractivity contribution in [3.8, 4) is 0 Å². The molecule has 1 aliphatic heterocycles. The molecule has 1 aliphatic rings. The van der Waals surface area contributed by atoms with Gasteiger partial charge in [0.1, 0.15) is 17.5 Å². The van der Waals surface area contributed by atoms with Crippen molar-refractivity contribution in [2.45, 2.75) is 6.54 Å². The van der Waals surface area contributed by atoms with Gasteiger partial charge >= 0.3 is 0 Å². The van der Waals surface area contributed by atoms with Crippen LogP contribution >= 0.6 is 23.2 Å². The van der Waals surface area contributed by atoms with Gasteiger partial charge in [0.05, 0.1) is 15.4 Å². The summed E-state index contributed by atoms with van der Waals surface area (Å²) in [5, 5.41) is 1.78. The molecule has 0 amide bonds. The van der Waals surface area contributed by atoms with Crippen LogP contribution in [0.2, 0.25) is 10.0 Å². The zero-order valence-corrected chi connectivity index (χ0v) is 15.6. The van der Waals surface area contributed by atoms with Crippen LogP contribution in [0.4, 0.5) is 5.69 Å². The molecule has 0 N–H and O–H groups in total. The Labute approximate surface area is 161 Å². The van der Waals surface area contributed by atoms with Crippen LogP contribution in [0.3, 0.4) is 0 Å². The SMILES string of the molecule is O=c1c(N2CCN(Cc3ccc(Cl)c(Cl)c3)CC2)coc2ccccc12. The highest BCUT2D eigenvalue weighted by Gasteiger charge is 2.20. The number of piperazine rings is 1. The first-order chi connectivity index (χ1) is 12.6. The van der Waals surface area contributed by atoms with E-state index < -0.39 is 0 Å².